The van der Waals surface area contributed by atoms with Crippen molar-refractivity contribution in [3.63, 3.8) is 0 Å². The maximum atomic E-state index is 12.8. The summed E-state index contributed by atoms with van der Waals surface area (Å²) < 4.78 is 46.5. The van der Waals surface area contributed by atoms with E-state index >= 15 is 0 Å². The largest absolute Gasteiger partial charge is 0.493 e. The Hall–Kier alpha value is -3.23. The number of carbonyl (C=O) groups excluding carboxylic acids is 2. The average molecular weight is 368 g/mol. The smallest absolute Gasteiger partial charge is 0.387 e. The van der Waals surface area contributed by atoms with Crippen LogP contribution in [0, 0.1) is 5.82 Å². The zero-order valence-electron chi connectivity index (χ0n) is 13.6. The number of methoxy groups -OCH3 is 1. The zero-order valence-corrected chi connectivity index (χ0v) is 13.6. The molecule has 2 amide bonds. The van der Waals surface area contributed by atoms with Crippen LogP contribution in [0.2, 0.25) is 0 Å². The molecule has 0 fully saturated rings. The molecule has 0 heterocycles. The summed E-state index contributed by atoms with van der Waals surface area (Å²) in [5.41, 5.74) is 0.471. The molecule has 2 aromatic carbocycles. The van der Waals surface area contributed by atoms with Gasteiger partial charge in [0.25, 0.3) is 5.91 Å². The monoisotopic (exact) mass is 368 g/mol. The fraction of sp³-hybridized carbons (Fsp3) is 0.176. The third-order valence-corrected chi connectivity index (χ3v) is 3.18. The molecule has 9 heteroatoms. The zero-order chi connectivity index (χ0) is 19.1. The van der Waals surface area contributed by atoms with Crippen LogP contribution in [-0.2, 0) is 4.79 Å². The van der Waals surface area contributed by atoms with Crippen LogP contribution in [0.4, 0.5) is 18.9 Å². The number of rotatable bonds is 7. The van der Waals surface area contributed by atoms with Gasteiger partial charge in [-0.2, -0.15) is 8.78 Å². The number of alkyl halides is 2. The van der Waals surface area contributed by atoms with E-state index in [2.05, 4.69) is 15.4 Å². The van der Waals surface area contributed by atoms with Gasteiger partial charge >= 0.3 is 6.61 Å². The Bertz CT molecular complexity index is 782. The summed E-state index contributed by atoms with van der Waals surface area (Å²) in [7, 11) is 1.24. The number of carbonyl (C=O) groups is 2. The lowest BCUT2D eigenvalue weighted by atomic mass is 10.2. The molecule has 26 heavy (non-hydrogen) atoms. The fourth-order valence-electron chi connectivity index (χ4n) is 2.00. The molecule has 0 aliphatic rings. The summed E-state index contributed by atoms with van der Waals surface area (Å²) in [6.07, 6.45) is 0. The second-order valence-corrected chi connectivity index (χ2v) is 4.98. The Morgan fingerprint density at radius 3 is 2.38 bits per heavy atom. The number of nitrogens with one attached hydrogen (secondary N) is 2. The molecule has 138 valence electrons. The Morgan fingerprint density at radius 2 is 1.77 bits per heavy atom. The molecule has 0 unspecified atom stereocenters. The van der Waals surface area contributed by atoms with E-state index in [9.17, 15) is 22.8 Å². The number of ether oxygens (including phenoxy) is 2. The number of hydrogen-bond donors (Lipinski definition) is 2. The molecule has 0 aliphatic carbocycles. The van der Waals surface area contributed by atoms with Gasteiger partial charge in [-0.1, -0.05) is 0 Å². The van der Waals surface area contributed by atoms with Crippen LogP contribution in [0.3, 0.4) is 0 Å². The van der Waals surface area contributed by atoms with Gasteiger partial charge in [0.15, 0.2) is 11.5 Å². The second-order valence-electron chi connectivity index (χ2n) is 4.98. The lowest BCUT2D eigenvalue weighted by Gasteiger charge is -2.11. The first-order valence-corrected chi connectivity index (χ1v) is 7.35. The highest BCUT2D eigenvalue weighted by molar-refractivity contribution is 5.99. The fourth-order valence-corrected chi connectivity index (χ4v) is 2.00. The van der Waals surface area contributed by atoms with Gasteiger partial charge in [0.1, 0.15) is 5.82 Å². The quantitative estimate of drug-likeness (QED) is 0.788. The van der Waals surface area contributed by atoms with Crippen LogP contribution < -0.4 is 20.1 Å². The first-order valence-electron chi connectivity index (χ1n) is 7.35. The van der Waals surface area contributed by atoms with E-state index in [0.29, 0.717) is 5.69 Å². The number of hydrogen-bond acceptors (Lipinski definition) is 4. The normalized spacial score (nSPS) is 10.3. The van der Waals surface area contributed by atoms with Gasteiger partial charge in [0.05, 0.1) is 13.7 Å². The molecule has 0 aliphatic heterocycles. The highest BCUT2D eigenvalue weighted by Crippen LogP contribution is 2.29. The Morgan fingerprint density at radius 1 is 1.08 bits per heavy atom. The number of anilines is 1. The molecule has 0 saturated carbocycles. The maximum Gasteiger partial charge on any atom is 0.387 e. The second kappa shape index (κ2) is 8.75. The van der Waals surface area contributed by atoms with Crippen LogP contribution in [-0.4, -0.2) is 32.1 Å². The minimum atomic E-state index is -3.03. The van der Waals surface area contributed by atoms with Gasteiger partial charge in [-0.05, 0) is 42.5 Å². The lowest BCUT2D eigenvalue weighted by molar-refractivity contribution is -0.115. The van der Waals surface area contributed by atoms with E-state index in [1.165, 1.54) is 49.6 Å². The van der Waals surface area contributed by atoms with E-state index in [4.69, 9.17) is 4.74 Å². The van der Waals surface area contributed by atoms with Crippen molar-refractivity contribution in [1.82, 2.24) is 5.32 Å². The minimum absolute atomic E-state index is 0.0475. The van der Waals surface area contributed by atoms with Gasteiger partial charge in [-0.25, -0.2) is 4.39 Å². The Balaban J connectivity index is 1.94. The molecule has 6 nitrogen and oxygen atoms in total. The van der Waals surface area contributed by atoms with E-state index in [-0.39, 0.29) is 23.6 Å². The van der Waals surface area contributed by atoms with Crippen molar-refractivity contribution in [2.24, 2.45) is 0 Å². The highest BCUT2D eigenvalue weighted by atomic mass is 19.3. The average Bonchev–Trinajstić information content (AvgIpc) is 2.61. The first-order chi connectivity index (χ1) is 12.4. The third kappa shape index (κ3) is 5.40. The predicted octanol–water partition coefficient (Wildman–Crippen LogP) is 2.80. The molecule has 0 spiro atoms. The SMILES string of the molecule is COc1cc(C(=O)NCC(=O)Nc2ccc(F)cc2)ccc1OC(F)F. The molecule has 0 saturated heterocycles. The van der Waals surface area contributed by atoms with E-state index < -0.39 is 24.2 Å². The summed E-state index contributed by atoms with van der Waals surface area (Å²) in [4.78, 5) is 23.8. The van der Waals surface area contributed by atoms with Crippen molar-refractivity contribution >= 4 is 17.5 Å². The van der Waals surface area contributed by atoms with E-state index in [1.807, 2.05) is 0 Å². The standard InChI is InChI=1S/C17H15F3N2O4/c1-25-14-8-10(2-7-13(14)26-17(19)20)16(24)21-9-15(23)22-12-5-3-11(18)4-6-12/h2-8,17H,9H2,1H3,(H,21,24)(H,22,23). The molecular weight excluding hydrogens is 353 g/mol. The molecular formula is C17H15F3N2O4. The van der Waals surface area contributed by atoms with Gasteiger partial charge in [0, 0.05) is 11.3 Å². The lowest BCUT2D eigenvalue weighted by Crippen LogP contribution is -2.32. The first kappa shape index (κ1) is 19.1. The summed E-state index contributed by atoms with van der Waals surface area (Å²) in [5, 5.41) is 4.85. The van der Waals surface area contributed by atoms with Crippen LogP contribution >= 0.6 is 0 Å². The van der Waals surface area contributed by atoms with Crippen molar-refractivity contribution in [3.8, 4) is 11.5 Å². The molecule has 0 radical (unpaired) electrons. The number of halogens is 3. The Kier molecular flexibility index (Phi) is 6.42. The van der Waals surface area contributed by atoms with Crippen LogP contribution in [0.5, 0.6) is 11.5 Å². The molecule has 0 bridgehead atoms. The summed E-state index contributed by atoms with van der Waals surface area (Å²) in [6.45, 7) is -3.37. The topological polar surface area (TPSA) is 76.7 Å². The van der Waals surface area contributed by atoms with Crippen LogP contribution in [0.15, 0.2) is 42.5 Å². The van der Waals surface area contributed by atoms with Gasteiger partial charge in [0.2, 0.25) is 5.91 Å². The van der Waals surface area contributed by atoms with E-state index in [0.717, 1.165) is 0 Å². The predicted molar refractivity (Wildman–Crippen MR) is 87.0 cm³/mol. The molecule has 2 rings (SSSR count). The summed E-state index contributed by atoms with van der Waals surface area (Å²) in [6, 6.07) is 8.76. The van der Waals surface area contributed by atoms with Gasteiger partial charge in [-0.3, -0.25) is 9.59 Å². The highest BCUT2D eigenvalue weighted by Gasteiger charge is 2.15. The molecule has 0 aromatic heterocycles. The maximum absolute atomic E-state index is 12.8. The van der Waals surface area contributed by atoms with Crippen molar-refractivity contribution in [1.29, 1.82) is 0 Å². The number of amides is 2. The molecule has 2 N–H and O–H groups in total. The van der Waals surface area contributed by atoms with E-state index in [1.54, 1.807) is 0 Å². The minimum Gasteiger partial charge on any atom is -0.493 e. The molecule has 2 aromatic rings. The Labute approximate surface area is 146 Å². The van der Waals surface area contributed by atoms with Crippen molar-refractivity contribution in [2.75, 3.05) is 19.0 Å². The van der Waals surface area contributed by atoms with Crippen molar-refractivity contribution < 1.29 is 32.2 Å². The van der Waals surface area contributed by atoms with Crippen LogP contribution in [0.25, 0.3) is 0 Å². The summed E-state index contributed by atoms with van der Waals surface area (Å²) >= 11 is 0. The van der Waals surface area contributed by atoms with Gasteiger partial charge in [-0.15, -0.1) is 0 Å². The van der Waals surface area contributed by atoms with Crippen molar-refractivity contribution in [2.45, 2.75) is 6.61 Å². The molecule has 0 atom stereocenters. The number of benzene rings is 2. The summed E-state index contributed by atoms with van der Waals surface area (Å²) in [5.74, 6) is -1.83. The third-order valence-electron chi connectivity index (χ3n) is 3.18. The van der Waals surface area contributed by atoms with Gasteiger partial charge < -0.3 is 20.1 Å². The van der Waals surface area contributed by atoms with Crippen molar-refractivity contribution in [3.05, 3.63) is 53.8 Å². The van der Waals surface area contributed by atoms with Crippen LogP contribution in [0.1, 0.15) is 10.4 Å².